The van der Waals surface area contributed by atoms with E-state index in [1.807, 2.05) is 6.92 Å². The van der Waals surface area contributed by atoms with Crippen LogP contribution in [0, 0.1) is 5.92 Å². The molecule has 32 heavy (non-hydrogen) atoms. The number of benzene rings is 2. The lowest BCUT2D eigenvalue weighted by Crippen LogP contribution is -2.40. The van der Waals surface area contributed by atoms with Crippen LogP contribution in [-0.4, -0.2) is 57.6 Å². The van der Waals surface area contributed by atoms with Gasteiger partial charge in [-0.05, 0) is 56.2 Å². The minimum atomic E-state index is -3.63. The van der Waals surface area contributed by atoms with Crippen LogP contribution in [-0.2, 0) is 24.3 Å². The standard InChI is InChI=1S/C23H27NO7S/c1-2-29-20-8-10-21(11-9-20)32(27,28)24-14-12-19(13-15-24)23(26)31-17-16-30-22(25)18-6-4-3-5-7-18/h3-11,19H,2,12-17H2,1H3. The molecule has 8 nitrogen and oxygen atoms in total. The normalized spacial score (nSPS) is 15.2. The van der Waals surface area contributed by atoms with Gasteiger partial charge in [0.25, 0.3) is 0 Å². The zero-order valence-electron chi connectivity index (χ0n) is 17.9. The van der Waals surface area contributed by atoms with E-state index < -0.39 is 22.0 Å². The quantitative estimate of drug-likeness (QED) is 0.418. The Bertz CT molecular complexity index is 998. The molecular formula is C23H27NO7S. The Balaban J connectivity index is 1.42. The fraction of sp³-hybridized carbons (Fsp3) is 0.391. The molecule has 0 spiro atoms. The molecule has 0 saturated carbocycles. The molecule has 0 aromatic heterocycles. The van der Waals surface area contributed by atoms with E-state index >= 15 is 0 Å². The minimum absolute atomic E-state index is 0.0373. The lowest BCUT2D eigenvalue weighted by Gasteiger charge is -2.30. The summed E-state index contributed by atoms with van der Waals surface area (Å²) in [5.41, 5.74) is 0.430. The lowest BCUT2D eigenvalue weighted by atomic mass is 9.98. The maximum absolute atomic E-state index is 12.8. The zero-order chi connectivity index (χ0) is 23.0. The number of rotatable bonds is 9. The van der Waals surface area contributed by atoms with Crippen molar-refractivity contribution in [2.45, 2.75) is 24.7 Å². The van der Waals surface area contributed by atoms with E-state index in [9.17, 15) is 18.0 Å². The summed E-state index contributed by atoms with van der Waals surface area (Å²) in [5.74, 6) is -0.651. The van der Waals surface area contributed by atoms with Gasteiger partial charge in [0, 0.05) is 13.1 Å². The fourth-order valence-corrected chi connectivity index (χ4v) is 4.88. The van der Waals surface area contributed by atoms with Gasteiger partial charge in [0.15, 0.2) is 0 Å². The molecule has 1 heterocycles. The molecule has 0 N–H and O–H groups in total. The van der Waals surface area contributed by atoms with Crippen LogP contribution in [0.4, 0.5) is 0 Å². The van der Waals surface area contributed by atoms with Crippen molar-refractivity contribution in [3.05, 3.63) is 60.2 Å². The van der Waals surface area contributed by atoms with E-state index in [0.717, 1.165) is 0 Å². The smallest absolute Gasteiger partial charge is 0.338 e. The van der Waals surface area contributed by atoms with Gasteiger partial charge in [-0.15, -0.1) is 0 Å². The van der Waals surface area contributed by atoms with Gasteiger partial charge in [0.1, 0.15) is 19.0 Å². The lowest BCUT2D eigenvalue weighted by molar-refractivity contribution is -0.150. The van der Waals surface area contributed by atoms with Crippen LogP contribution in [0.2, 0.25) is 0 Å². The molecule has 1 fully saturated rings. The third kappa shape index (κ3) is 6.08. The molecule has 0 unspecified atom stereocenters. The predicted octanol–water partition coefficient (Wildman–Crippen LogP) is 2.89. The van der Waals surface area contributed by atoms with Crippen molar-refractivity contribution in [1.29, 1.82) is 0 Å². The number of esters is 2. The molecule has 2 aromatic carbocycles. The highest BCUT2D eigenvalue weighted by Gasteiger charge is 2.32. The van der Waals surface area contributed by atoms with E-state index in [0.29, 0.717) is 30.8 Å². The molecule has 0 amide bonds. The Morgan fingerprint density at radius 3 is 2.19 bits per heavy atom. The van der Waals surface area contributed by atoms with E-state index in [4.69, 9.17) is 14.2 Å². The van der Waals surface area contributed by atoms with Crippen molar-refractivity contribution >= 4 is 22.0 Å². The topological polar surface area (TPSA) is 99.2 Å². The van der Waals surface area contributed by atoms with Crippen LogP contribution < -0.4 is 4.74 Å². The molecule has 0 aliphatic carbocycles. The molecule has 1 aliphatic heterocycles. The Labute approximate surface area is 188 Å². The van der Waals surface area contributed by atoms with Crippen LogP contribution in [0.25, 0.3) is 0 Å². The zero-order valence-corrected chi connectivity index (χ0v) is 18.8. The van der Waals surface area contributed by atoms with Gasteiger partial charge in [0.2, 0.25) is 10.0 Å². The molecule has 0 radical (unpaired) electrons. The number of ether oxygens (including phenoxy) is 3. The average molecular weight is 462 g/mol. The molecule has 1 aliphatic rings. The first kappa shape index (κ1) is 23.7. The Morgan fingerprint density at radius 2 is 1.56 bits per heavy atom. The minimum Gasteiger partial charge on any atom is -0.494 e. The van der Waals surface area contributed by atoms with E-state index in [1.54, 1.807) is 42.5 Å². The summed E-state index contributed by atoms with van der Waals surface area (Å²) >= 11 is 0. The first-order chi connectivity index (χ1) is 15.4. The van der Waals surface area contributed by atoms with Crippen LogP contribution in [0.15, 0.2) is 59.5 Å². The van der Waals surface area contributed by atoms with Crippen LogP contribution >= 0.6 is 0 Å². The molecule has 0 bridgehead atoms. The number of sulfonamides is 1. The van der Waals surface area contributed by atoms with E-state index in [-0.39, 0.29) is 37.1 Å². The van der Waals surface area contributed by atoms with Crippen molar-refractivity contribution in [3.63, 3.8) is 0 Å². The maximum atomic E-state index is 12.8. The number of piperidine rings is 1. The van der Waals surface area contributed by atoms with Crippen LogP contribution in [0.3, 0.4) is 0 Å². The molecule has 172 valence electrons. The summed E-state index contributed by atoms with van der Waals surface area (Å²) in [5, 5.41) is 0. The molecule has 3 rings (SSSR count). The van der Waals surface area contributed by atoms with Crippen molar-refractivity contribution in [1.82, 2.24) is 4.31 Å². The van der Waals surface area contributed by atoms with Crippen molar-refractivity contribution in [3.8, 4) is 5.75 Å². The van der Waals surface area contributed by atoms with Gasteiger partial charge in [0.05, 0.1) is 23.0 Å². The highest BCUT2D eigenvalue weighted by atomic mass is 32.2. The van der Waals surface area contributed by atoms with Crippen molar-refractivity contribution in [2.75, 3.05) is 32.9 Å². The largest absolute Gasteiger partial charge is 0.494 e. The van der Waals surface area contributed by atoms with Crippen molar-refractivity contribution in [2.24, 2.45) is 5.92 Å². The molecular weight excluding hydrogens is 434 g/mol. The highest BCUT2D eigenvalue weighted by Crippen LogP contribution is 2.25. The van der Waals surface area contributed by atoms with E-state index in [2.05, 4.69) is 0 Å². The number of hydrogen-bond donors (Lipinski definition) is 0. The van der Waals surface area contributed by atoms with Gasteiger partial charge in [-0.2, -0.15) is 4.31 Å². The van der Waals surface area contributed by atoms with Gasteiger partial charge >= 0.3 is 11.9 Å². The summed E-state index contributed by atoms with van der Waals surface area (Å²) in [6.07, 6.45) is 0.748. The summed E-state index contributed by atoms with van der Waals surface area (Å²) in [4.78, 5) is 24.3. The van der Waals surface area contributed by atoms with Gasteiger partial charge in [-0.25, -0.2) is 13.2 Å². The van der Waals surface area contributed by atoms with Crippen molar-refractivity contribution < 1.29 is 32.2 Å². The number of hydrogen-bond acceptors (Lipinski definition) is 7. The van der Waals surface area contributed by atoms with Gasteiger partial charge in [-0.1, -0.05) is 18.2 Å². The first-order valence-electron chi connectivity index (χ1n) is 10.5. The Morgan fingerprint density at radius 1 is 0.938 bits per heavy atom. The summed E-state index contributed by atoms with van der Waals surface area (Å²) < 4.78 is 42.7. The fourth-order valence-electron chi connectivity index (χ4n) is 3.41. The van der Waals surface area contributed by atoms with Crippen LogP contribution in [0.1, 0.15) is 30.1 Å². The third-order valence-corrected chi connectivity index (χ3v) is 7.04. The second-order valence-corrected chi connectivity index (χ2v) is 9.19. The maximum Gasteiger partial charge on any atom is 0.338 e. The van der Waals surface area contributed by atoms with Gasteiger partial charge in [-0.3, -0.25) is 4.79 Å². The second-order valence-electron chi connectivity index (χ2n) is 7.25. The molecule has 9 heteroatoms. The summed E-state index contributed by atoms with van der Waals surface area (Å²) in [6, 6.07) is 14.9. The molecule has 2 aromatic rings. The van der Waals surface area contributed by atoms with Crippen LogP contribution in [0.5, 0.6) is 5.75 Å². The number of carbonyl (C=O) groups excluding carboxylic acids is 2. The first-order valence-corrected chi connectivity index (χ1v) is 12.0. The second kappa shape index (κ2) is 11.1. The molecule has 0 atom stereocenters. The Kier molecular flexibility index (Phi) is 8.24. The average Bonchev–Trinajstić information content (AvgIpc) is 2.83. The highest BCUT2D eigenvalue weighted by molar-refractivity contribution is 7.89. The summed E-state index contributed by atoms with van der Waals surface area (Å²) in [7, 11) is -3.63. The predicted molar refractivity (Wildman–Crippen MR) is 117 cm³/mol. The SMILES string of the molecule is CCOc1ccc(S(=O)(=O)N2CCC(C(=O)OCCOC(=O)c3ccccc3)CC2)cc1. The van der Waals surface area contributed by atoms with E-state index in [1.165, 1.54) is 16.4 Å². The van der Waals surface area contributed by atoms with Gasteiger partial charge < -0.3 is 14.2 Å². The third-order valence-electron chi connectivity index (χ3n) is 5.13. The Hall–Kier alpha value is -2.91. The monoisotopic (exact) mass is 461 g/mol. The number of carbonyl (C=O) groups is 2. The molecule has 1 saturated heterocycles. The summed E-state index contributed by atoms with van der Waals surface area (Å²) in [6.45, 7) is 2.76. The number of nitrogens with zero attached hydrogens (tertiary/aromatic N) is 1.